The minimum Gasteiger partial charge on any atom is -0.504 e. The van der Waals surface area contributed by atoms with Crippen molar-refractivity contribution in [2.24, 2.45) is 17.8 Å². The van der Waals surface area contributed by atoms with Crippen LogP contribution in [0.5, 0.6) is 11.5 Å². The lowest BCUT2D eigenvalue weighted by Gasteiger charge is -2.36. The predicted octanol–water partition coefficient (Wildman–Crippen LogP) is 4.07. The number of aromatic hydroxyl groups is 1. The van der Waals surface area contributed by atoms with Crippen molar-refractivity contribution in [1.82, 2.24) is 0 Å². The predicted molar refractivity (Wildman–Crippen MR) is 90.8 cm³/mol. The van der Waals surface area contributed by atoms with Gasteiger partial charge < -0.3 is 9.84 Å². The maximum atomic E-state index is 12.1. The van der Waals surface area contributed by atoms with Gasteiger partial charge in [0.2, 0.25) is 0 Å². The fourth-order valence-corrected chi connectivity index (χ4v) is 4.23. The lowest BCUT2D eigenvalue weighted by molar-refractivity contribution is -0.114. The van der Waals surface area contributed by atoms with Crippen molar-refractivity contribution in [3.05, 3.63) is 35.4 Å². The molecule has 0 aliphatic heterocycles. The van der Waals surface area contributed by atoms with Crippen LogP contribution in [-0.4, -0.2) is 18.0 Å². The quantitative estimate of drug-likeness (QED) is 0.850. The molecule has 0 spiro atoms. The number of fused-ring (bicyclic) bond motifs is 2. The van der Waals surface area contributed by atoms with Crippen LogP contribution in [0.4, 0.5) is 0 Å². The minimum atomic E-state index is 0.150. The lowest BCUT2D eigenvalue weighted by atomic mass is 9.69. The number of phenolic OH excluding ortho intramolecular Hbond substituents is 1. The van der Waals surface area contributed by atoms with Crippen molar-refractivity contribution < 1.29 is 14.6 Å². The van der Waals surface area contributed by atoms with Gasteiger partial charge in [-0.1, -0.05) is 31.9 Å². The third kappa shape index (κ3) is 3.29. The number of phenols is 1. The van der Waals surface area contributed by atoms with Crippen LogP contribution in [0.25, 0.3) is 0 Å². The summed E-state index contributed by atoms with van der Waals surface area (Å²) in [5, 5.41) is 10.5. The van der Waals surface area contributed by atoms with Gasteiger partial charge in [0.15, 0.2) is 17.3 Å². The molecule has 3 heteroatoms. The van der Waals surface area contributed by atoms with Gasteiger partial charge in [-0.3, -0.25) is 4.79 Å². The molecule has 2 aliphatic carbocycles. The standard InChI is InChI=1S/C20H26O3/c1-13-4-3-5-14-6-8-16(21)9-10-17-15(12-18(13)14)7-11-19(23-2)20(17)22/h6-8,11,13-14,18,22H,3-5,9-10,12H2,1-2H3/b8-6-/t13?,14-,18-/m0/s1. The average Bonchev–Trinajstić information content (AvgIpc) is 2.54. The number of ether oxygens (including phenoxy) is 1. The van der Waals surface area contributed by atoms with E-state index in [1.165, 1.54) is 18.4 Å². The van der Waals surface area contributed by atoms with Gasteiger partial charge in [0.05, 0.1) is 7.11 Å². The van der Waals surface area contributed by atoms with E-state index in [0.717, 1.165) is 18.4 Å². The summed E-state index contributed by atoms with van der Waals surface area (Å²) in [6, 6.07) is 3.92. The normalized spacial score (nSPS) is 29.3. The number of hydrogen-bond donors (Lipinski definition) is 1. The maximum Gasteiger partial charge on any atom is 0.161 e. The molecular weight excluding hydrogens is 288 g/mol. The highest BCUT2D eigenvalue weighted by molar-refractivity contribution is 5.89. The first-order valence-corrected chi connectivity index (χ1v) is 8.69. The number of methoxy groups -OCH3 is 1. The number of rotatable bonds is 1. The van der Waals surface area contributed by atoms with E-state index in [9.17, 15) is 9.90 Å². The molecular formula is C20H26O3. The summed E-state index contributed by atoms with van der Waals surface area (Å²) in [5.74, 6) is 2.51. The third-order valence-electron chi connectivity index (χ3n) is 5.65. The first-order chi connectivity index (χ1) is 11.1. The summed E-state index contributed by atoms with van der Waals surface area (Å²) in [7, 11) is 1.56. The molecule has 23 heavy (non-hydrogen) atoms. The fourth-order valence-electron chi connectivity index (χ4n) is 4.23. The van der Waals surface area contributed by atoms with Crippen molar-refractivity contribution in [3.63, 3.8) is 0 Å². The van der Waals surface area contributed by atoms with Gasteiger partial charge in [0, 0.05) is 12.0 Å². The van der Waals surface area contributed by atoms with E-state index in [1.807, 2.05) is 6.07 Å². The highest BCUT2D eigenvalue weighted by atomic mass is 16.5. The molecule has 3 nitrogen and oxygen atoms in total. The Balaban J connectivity index is 2.02. The van der Waals surface area contributed by atoms with Gasteiger partial charge in [-0.15, -0.1) is 0 Å². The number of benzene rings is 1. The SMILES string of the molecule is COc1ccc2c(c1O)CCC(=O)/C=C\[C@@H]1CCCC(C)[C@@H]1C2. The maximum absolute atomic E-state index is 12.1. The highest BCUT2D eigenvalue weighted by Gasteiger charge is 2.31. The average molecular weight is 314 g/mol. The van der Waals surface area contributed by atoms with Gasteiger partial charge in [-0.25, -0.2) is 0 Å². The van der Waals surface area contributed by atoms with E-state index in [4.69, 9.17) is 4.74 Å². The van der Waals surface area contributed by atoms with Crippen LogP contribution < -0.4 is 4.74 Å². The molecule has 1 aromatic carbocycles. The minimum absolute atomic E-state index is 0.150. The Hall–Kier alpha value is -1.77. The summed E-state index contributed by atoms with van der Waals surface area (Å²) in [6.45, 7) is 2.32. The number of ketones is 1. The molecule has 1 N–H and O–H groups in total. The molecule has 1 aromatic rings. The molecule has 3 rings (SSSR count). The molecule has 0 heterocycles. The Morgan fingerprint density at radius 1 is 1.22 bits per heavy atom. The van der Waals surface area contributed by atoms with Crippen molar-refractivity contribution in [3.8, 4) is 11.5 Å². The molecule has 0 amide bonds. The van der Waals surface area contributed by atoms with Gasteiger partial charge in [0.1, 0.15) is 0 Å². The number of carbonyl (C=O) groups is 1. The van der Waals surface area contributed by atoms with Crippen LogP contribution in [-0.2, 0) is 17.6 Å². The van der Waals surface area contributed by atoms with Crippen LogP contribution in [0.1, 0.15) is 43.7 Å². The zero-order valence-electron chi connectivity index (χ0n) is 14.0. The third-order valence-corrected chi connectivity index (χ3v) is 5.65. The Bertz CT molecular complexity index is 618. The molecule has 0 saturated heterocycles. The second-order valence-corrected chi connectivity index (χ2v) is 7.02. The first-order valence-electron chi connectivity index (χ1n) is 8.69. The van der Waals surface area contributed by atoms with E-state index < -0.39 is 0 Å². The van der Waals surface area contributed by atoms with Gasteiger partial charge in [-0.05, 0) is 54.7 Å². The summed E-state index contributed by atoms with van der Waals surface area (Å²) >= 11 is 0. The Morgan fingerprint density at radius 2 is 2.04 bits per heavy atom. The molecule has 0 aromatic heterocycles. The van der Waals surface area contributed by atoms with Crippen molar-refractivity contribution in [2.75, 3.05) is 7.11 Å². The van der Waals surface area contributed by atoms with Gasteiger partial charge >= 0.3 is 0 Å². The molecule has 124 valence electrons. The van der Waals surface area contributed by atoms with Crippen LogP contribution in [0, 0.1) is 17.8 Å². The van der Waals surface area contributed by atoms with Crippen LogP contribution in [0.3, 0.4) is 0 Å². The van der Waals surface area contributed by atoms with Crippen molar-refractivity contribution in [2.45, 2.75) is 45.4 Å². The molecule has 2 aliphatic rings. The summed E-state index contributed by atoms with van der Waals surface area (Å²) in [4.78, 5) is 12.1. The van der Waals surface area contributed by atoms with Gasteiger partial charge in [0.25, 0.3) is 0 Å². The Morgan fingerprint density at radius 3 is 2.83 bits per heavy atom. The van der Waals surface area contributed by atoms with E-state index in [-0.39, 0.29) is 11.5 Å². The second kappa shape index (κ2) is 6.77. The molecule has 1 saturated carbocycles. The van der Waals surface area contributed by atoms with E-state index in [0.29, 0.717) is 36.3 Å². The number of carbonyl (C=O) groups excluding carboxylic acids is 1. The van der Waals surface area contributed by atoms with E-state index in [1.54, 1.807) is 13.2 Å². The highest BCUT2D eigenvalue weighted by Crippen LogP contribution is 2.41. The number of allylic oxidation sites excluding steroid dienone is 2. The molecule has 0 radical (unpaired) electrons. The second-order valence-electron chi connectivity index (χ2n) is 7.02. The van der Waals surface area contributed by atoms with E-state index in [2.05, 4.69) is 19.1 Å². The summed E-state index contributed by atoms with van der Waals surface area (Å²) < 4.78 is 5.24. The topological polar surface area (TPSA) is 46.5 Å². The van der Waals surface area contributed by atoms with Crippen LogP contribution in [0.2, 0.25) is 0 Å². The Kier molecular flexibility index (Phi) is 4.74. The van der Waals surface area contributed by atoms with Crippen LogP contribution >= 0.6 is 0 Å². The fraction of sp³-hybridized carbons (Fsp3) is 0.550. The monoisotopic (exact) mass is 314 g/mol. The first kappa shape index (κ1) is 16.1. The lowest BCUT2D eigenvalue weighted by Crippen LogP contribution is -2.28. The number of hydrogen-bond acceptors (Lipinski definition) is 3. The van der Waals surface area contributed by atoms with Crippen molar-refractivity contribution >= 4 is 5.78 Å². The molecule has 1 unspecified atom stereocenters. The zero-order chi connectivity index (χ0) is 16.4. The van der Waals surface area contributed by atoms with Crippen LogP contribution in [0.15, 0.2) is 24.3 Å². The van der Waals surface area contributed by atoms with E-state index >= 15 is 0 Å². The smallest absolute Gasteiger partial charge is 0.161 e. The summed E-state index contributed by atoms with van der Waals surface area (Å²) in [6.07, 6.45) is 9.56. The molecule has 1 fully saturated rings. The molecule has 0 bridgehead atoms. The van der Waals surface area contributed by atoms with Crippen molar-refractivity contribution in [1.29, 1.82) is 0 Å². The largest absolute Gasteiger partial charge is 0.504 e. The molecule has 3 atom stereocenters. The summed E-state index contributed by atoms with van der Waals surface area (Å²) in [5.41, 5.74) is 2.07. The zero-order valence-corrected chi connectivity index (χ0v) is 14.0. The Labute approximate surface area is 138 Å². The van der Waals surface area contributed by atoms with Gasteiger partial charge in [-0.2, -0.15) is 0 Å².